The maximum Gasteiger partial charge on any atom is 0.274 e. The molecular weight excluding hydrogens is 447 g/mol. The Labute approximate surface area is 184 Å². The largest absolute Gasteiger partial charge is 0.361 e. The van der Waals surface area contributed by atoms with Gasteiger partial charge in [-0.25, -0.2) is 26.6 Å². The van der Waals surface area contributed by atoms with Crippen molar-refractivity contribution in [3.8, 4) is 0 Å². The maximum atomic E-state index is 14.6. The monoisotopic (exact) mass is 468 g/mol. The number of pyridine rings is 1. The van der Waals surface area contributed by atoms with Gasteiger partial charge in [0.15, 0.2) is 5.82 Å². The van der Waals surface area contributed by atoms with Crippen molar-refractivity contribution in [2.75, 3.05) is 5.32 Å². The molecule has 0 spiro atoms. The number of aromatic nitrogens is 3. The molecule has 0 aliphatic heterocycles. The molecule has 2 heterocycles. The van der Waals surface area contributed by atoms with E-state index in [1.54, 1.807) is 0 Å². The van der Waals surface area contributed by atoms with Crippen LogP contribution in [0.25, 0.3) is 10.8 Å². The fraction of sp³-hybridized carbons (Fsp3) is 0.409. The van der Waals surface area contributed by atoms with Crippen molar-refractivity contribution in [1.82, 2.24) is 14.3 Å². The van der Waals surface area contributed by atoms with Gasteiger partial charge in [-0.05, 0) is 19.8 Å². The Kier molecular flexibility index (Phi) is 5.33. The average molecular weight is 468 g/mol. The number of aryl methyl sites for hydroxylation is 1. The number of hydrogen-bond donors (Lipinski definition) is 1. The van der Waals surface area contributed by atoms with E-state index in [1.807, 2.05) is 0 Å². The summed E-state index contributed by atoms with van der Waals surface area (Å²) in [6, 6.07) is 3.71. The van der Waals surface area contributed by atoms with E-state index in [0.29, 0.717) is 0 Å². The smallest absolute Gasteiger partial charge is 0.274 e. The third-order valence-corrected chi connectivity index (χ3v) is 6.20. The van der Waals surface area contributed by atoms with Crippen molar-refractivity contribution in [3.63, 3.8) is 0 Å². The first-order valence-corrected chi connectivity index (χ1v) is 10.2. The average Bonchev–Trinajstić information content (AvgIpc) is 3.53. The first kappa shape index (κ1) is 22.9. The molecule has 1 aliphatic carbocycles. The van der Waals surface area contributed by atoms with Gasteiger partial charge in [0.2, 0.25) is 0 Å². The van der Waals surface area contributed by atoms with Crippen molar-refractivity contribution in [2.24, 2.45) is 7.05 Å². The molecule has 1 N–H and O–H groups in total. The lowest BCUT2D eigenvalue weighted by atomic mass is 10.0. The number of hydrogen-bond acceptors (Lipinski definition) is 4. The van der Waals surface area contributed by atoms with E-state index in [2.05, 4.69) is 10.4 Å². The summed E-state index contributed by atoms with van der Waals surface area (Å²) in [5.41, 5.74) is -3.89. The quantitative estimate of drug-likeness (QED) is 0.542. The van der Waals surface area contributed by atoms with E-state index in [4.69, 9.17) is 0 Å². The number of alkyl halides is 4. The van der Waals surface area contributed by atoms with Gasteiger partial charge in [-0.3, -0.25) is 9.59 Å². The Morgan fingerprint density at radius 3 is 2.36 bits per heavy atom. The molecule has 1 fully saturated rings. The minimum atomic E-state index is -3.18. The molecule has 0 saturated heterocycles. The van der Waals surface area contributed by atoms with Crippen LogP contribution in [0.4, 0.5) is 27.8 Å². The molecule has 11 heteroatoms. The standard InChI is InChI=1S/C22H21F5N4O2/c1-11(12-5-4-6-13(17(12)23)18(24)25)28-19-15-10-31(22(7-8-22)21(2,26)27)16(32)9-14(15)20(33)30(3)29-19/h4-6,9-11,18H,7-8H2,1-3H3,(H,28,29)/t11-/m1/s1. The lowest BCUT2D eigenvalue weighted by Gasteiger charge is -2.26. The molecule has 1 aromatic carbocycles. The maximum absolute atomic E-state index is 14.6. The van der Waals surface area contributed by atoms with Gasteiger partial charge >= 0.3 is 0 Å². The predicted octanol–water partition coefficient (Wildman–Crippen LogP) is 4.49. The van der Waals surface area contributed by atoms with Crippen LogP contribution >= 0.6 is 0 Å². The molecule has 1 atom stereocenters. The van der Waals surface area contributed by atoms with Crippen molar-refractivity contribution < 1.29 is 22.0 Å². The Bertz CT molecular complexity index is 1360. The van der Waals surface area contributed by atoms with Crippen LogP contribution in [-0.4, -0.2) is 20.3 Å². The molecule has 0 bridgehead atoms. The van der Waals surface area contributed by atoms with Crippen molar-refractivity contribution >= 4 is 16.6 Å². The zero-order valence-electron chi connectivity index (χ0n) is 18.0. The Hall–Kier alpha value is -3.24. The third-order valence-electron chi connectivity index (χ3n) is 6.20. The van der Waals surface area contributed by atoms with Gasteiger partial charge in [0.05, 0.1) is 17.0 Å². The number of anilines is 1. The van der Waals surface area contributed by atoms with Gasteiger partial charge in [-0.15, -0.1) is 0 Å². The second-order valence-corrected chi connectivity index (χ2v) is 8.42. The van der Waals surface area contributed by atoms with Crippen LogP contribution < -0.4 is 16.4 Å². The van der Waals surface area contributed by atoms with E-state index in [1.165, 1.54) is 26.1 Å². The van der Waals surface area contributed by atoms with Crippen molar-refractivity contribution in [2.45, 2.75) is 50.6 Å². The van der Waals surface area contributed by atoms with Gasteiger partial charge in [0.1, 0.15) is 11.4 Å². The fourth-order valence-electron chi connectivity index (χ4n) is 4.13. The van der Waals surface area contributed by atoms with E-state index in [9.17, 15) is 31.5 Å². The SMILES string of the molecule is C[C@@H](Nc1nn(C)c(=O)c2cc(=O)n(C3(C(C)(F)F)CC3)cc12)c1cccc(C(F)F)c1F. The number of nitrogens with zero attached hydrogens (tertiary/aromatic N) is 3. The minimum Gasteiger partial charge on any atom is -0.361 e. The Morgan fingerprint density at radius 1 is 1.15 bits per heavy atom. The summed E-state index contributed by atoms with van der Waals surface area (Å²) in [7, 11) is 1.34. The summed E-state index contributed by atoms with van der Waals surface area (Å²) in [5.74, 6) is -4.25. The summed E-state index contributed by atoms with van der Waals surface area (Å²) in [4.78, 5) is 25.2. The number of nitrogens with one attached hydrogen (secondary N) is 1. The van der Waals surface area contributed by atoms with Crippen LogP contribution in [0.3, 0.4) is 0 Å². The zero-order valence-corrected chi connectivity index (χ0v) is 18.0. The van der Waals surface area contributed by atoms with Crippen LogP contribution in [0.15, 0.2) is 40.1 Å². The van der Waals surface area contributed by atoms with Crippen LogP contribution in [0, 0.1) is 5.82 Å². The Morgan fingerprint density at radius 2 is 1.79 bits per heavy atom. The van der Waals surface area contributed by atoms with E-state index in [-0.39, 0.29) is 35.0 Å². The third kappa shape index (κ3) is 3.68. The van der Waals surface area contributed by atoms with E-state index >= 15 is 0 Å². The highest BCUT2D eigenvalue weighted by molar-refractivity contribution is 5.90. The molecule has 6 nitrogen and oxygen atoms in total. The molecule has 4 rings (SSSR count). The van der Waals surface area contributed by atoms with E-state index < -0.39 is 46.4 Å². The molecule has 1 aliphatic rings. The summed E-state index contributed by atoms with van der Waals surface area (Å²) in [6.07, 6.45) is -1.67. The molecule has 0 unspecified atom stereocenters. The number of fused-ring (bicyclic) bond motifs is 1. The predicted molar refractivity (Wildman–Crippen MR) is 112 cm³/mol. The molecule has 1 saturated carbocycles. The van der Waals surface area contributed by atoms with Gasteiger partial charge in [-0.1, -0.05) is 18.2 Å². The fourth-order valence-corrected chi connectivity index (χ4v) is 4.13. The van der Waals surface area contributed by atoms with Crippen LogP contribution in [0.1, 0.15) is 50.3 Å². The van der Waals surface area contributed by atoms with E-state index in [0.717, 1.165) is 34.5 Å². The zero-order chi connectivity index (χ0) is 24.3. The molecule has 3 aromatic rings. The first-order chi connectivity index (χ1) is 15.4. The molecule has 0 radical (unpaired) electrons. The second-order valence-electron chi connectivity index (χ2n) is 8.42. The van der Waals surface area contributed by atoms with Crippen LogP contribution in [-0.2, 0) is 12.6 Å². The lowest BCUT2D eigenvalue weighted by molar-refractivity contribution is -0.0486. The Balaban J connectivity index is 1.86. The molecule has 33 heavy (non-hydrogen) atoms. The van der Waals surface area contributed by atoms with Gasteiger partial charge < -0.3 is 9.88 Å². The highest BCUT2D eigenvalue weighted by Crippen LogP contribution is 2.54. The van der Waals surface area contributed by atoms with Crippen molar-refractivity contribution in [1.29, 1.82) is 0 Å². The highest BCUT2D eigenvalue weighted by atomic mass is 19.3. The van der Waals surface area contributed by atoms with Gasteiger partial charge in [0.25, 0.3) is 23.5 Å². The molecule has 2 aromatic heterocycles. The molecule has 176 valence electrons. The normalized spacial score (nSPS) is 16.3. The lowest BCUT2D eigenvalue weighted by Crippen LogP contribution is -2.42. The highest BCUT2D eigenvalue weighted by Gasteiger charge is 2.61. The number of halogens is 5. The van der Waals surface area contributed by atoms with Crippen LogP contribution in [0.2, 0.25) is 0 Å². The summed E-state index contributed by atoms with van der Waals surface area (Å²) >= 11 is 0. The van der Waals surface area contributed by atoms with Gasteiger partial charge in [-0.2, -0.15) is 5.10 Å². The molecular formula is C22H21F5N4O2. The summed E-state index contributed by atoms with van der Waals surface area (Å²) < 4.78 is 71.3. The summed E-state index contributed by atoms with van der Waals surface area (Å²) in [5, 5.41) is 7.02. The molecule has 0 amide bonds. The summed E-state index contributed by atoms with van der Waals surface area (Å²) in [6.45, 7) is 2.24. The topological polar surface area (TPSA) is 68.9 Å². The number of rotatable bonds is 6. The van der Waals surface area contributed by atoms with Crippen molar-refractivity contribution in [3.05, 3.63) is 68.1 Å². The first-order valence-electron chi connectivity index (χ1n) is 10.2. The van der Waals surface area contributed by atoms with Crippen LogP contribution in [0.5, 0.6) is 0 Å². The van der Waals surface area contributed by atoms with Gasteiger partial charge in [0, 0.05) is 37.2 Å². The minimum absolute atomic E-state index is 0.0189. The second kappa shape index (κ2) is 7.67. The number of benzene rings is 1.